The predicted molar refractivity (Wildman–Crippen MR) is 63.0 cm³/mol. The van der Waals surface area contributed by atoms with Gasteiger partial charge in [0.25, 0.3) is 0 Å². The first kappa shape index (κ1) is 11.2. The summed E-state index contributed by atoms with van der Waals surface area (Å²) < 4.78 is 16.6. The first-order valence-corrected chi connectivity index (χ1v) is 7.27. The van der Waals surface area contributed by atoms with Crippen molar-refractivity contribution in [1.29, 1.82) is 0 Å². The van der Waals surface area contributed by atoms with Crippen molar-refractivity contribution in [3.8, 4) is 0 Å². The molecule has 100 valence electrons. The second kappa shape index (κ2) is 4.20. The minimum atomic E-state index is -0.0306. The third kappa shape index (κ3) is 1.95. The van der Waals surface area contributed by atoms with Gasteiger partial charge in [-0.1, -0.05) is 0 Å². The van der Waals surface area contributed by atoms with Gasteiger partial charge in [-0.05, 0) is 38.0 Å². The van der Waals surface area contributed by atoms with Crippen LogP contribution in [0.3, 0.4) is 0 Å². The van der Waals surface area contributed by atoms with Gasteiger partial charge < -0.3 is 14.2 Å². The molecule has 5 rings (SSSR count). The standard InChI is InChI=1S/C14H20O4/c15-14(10-3-2-9-6-12(10)17-9)16-7-8-1-4-11-13(5-8)18-11/h8-13H,1-7H2/t8?,9?,10?,11-,12?,13?/m0/s1. The minimum absolute atomic E-state index is 0.00325. The van der Waals surface area contributed by atoms with E-state index in [4.69, 9.17) is 14.2 Å². The smallest absolute Gasteiger partial charge is 0.311 e. The fraction of sp³-hybridized carbons (Fsp3) is 0.929. The van der Waals surface area contributed by atoms with E-state index in [-0.39, 0.29) is 18.0 Å². The van der Waals surface area contributed by atoms with Crippen LogP contribution in [0, 0.1) is 11.8 Å². The van der Waals surface area contributed by atoms with E-state index < -0.39 is 0 Å². The zero-order valence-corrected chi connectivity index (χ0v) is 10.5. The van der Waals surface area contributed by atoms with Gasteiger partial charge in [-0.2, -0.15) is 0 Å². The molecule has 5 unspecified atom stereocenters. The number of rotatable bonds is 3. The number of hydrogen-bond acceptors (Lipinski definition) is 4. The SMILES string of the molecule is O=C(OCC1CC[C@@H]2OC2C1)C1CCC2CC1O2. The van der Waals surface area contributed by atoms with E-state index in [1.54, 1.807) is 0 Å². The molecule has 3 saturated heterocycles. The third-order valence-electron chi connectivity index (χ3n) is 4.99. The van der Waals surface area contributed by atoms with Crippen molar-refractivity contribution in [2.75, 3.05) is 6.61 Å². The zero-order chi connectivity index (χ0) is 12.1. The fourth-order valence-electron chi connectivity index (χ4n) is 3.71. The van der Waals surface area contributed by atoms with Crippen molar-refractivity contribution in [1.82, 2.24) is 0 Å². The number of epoxide rings is 1. The average molecular weight is 252 g/mol. The highest BCUT2D eigenvalue weighted by Crippen LogP contribution is 2.41. The minimum Gasteiger partial charge on any atom is -0.465 e. The summed E-state index contributed by atoms with van der Waals surface area (Å²) in [5.74, 6) is 0.483. The summed E-state index contributed by atoms with van der Waals surface area (Å²) in [6.07, 6.45) is 7.96. The van der Waals surface area contributed by atoms with Crippen LogP contribution in [0.5, 0.6) is 0 Å². The van der Waals surface area contributed by atoms with Gasteiger partial charge in [-0.15, -0.1) is 0 Å². The lowest BCUT2D eigenvalue weighted by Gasteiger charge is -2.45. The summed E-state index contributed by atoms with van der Waals surface area (Å²) in [5, 5.41) is 0. The summed E-state index contributed by atoms with van der Waals surface area (Å²) in [6.45, 7) is 0.581. The molecule has 3 heterocycles. The fourth-order valence-corrected chi connectivity index (χ4v) is 3.71. The van der Waals surface area contributed by atoms with Crippen molar-refractivity contribution >= 4 is 5.97 Å². The Morgan fingerprint density at radius 3 is 2.61 bits per heavy atom. The highest BCUT2D eigenvalue weighted by molar-refractivity contribution is 5.73. The summed E-state index contributed by atoms with van der Waals surface area (Å²) in [4.78, 5) is 12.0. The molecule has 2 aliphatic carbocycles. The maximum atomic E-state index is 12.0. The molecular weight excluding hydrogens is 232 g/mol. The molecule has 2 bridgehead atoms. The molecule has 4 nitrogen and oxygen atoms in total. The molecule has 0 amide bonds. The molecule has 2 saturated carbocycles. The maximum absolute atomic E-state index is 12.0. The van der Waals surface area contributed by atoms with Crippen molar-refractivity contribution in [2.45, 2.75) is 62.9 Å². The van der Waals surface area contributed by atoms with Crippen LogP contribution in [0.1, 0.15) is 38.5 Å². The first-order valence-electron chi connectivity index (χ1n) is 7.27. The molecule has 0 radical (unpaired) electrons. The second-order valence-corrected chi connectivity index (χ2v) is 6.24. The van der Waals surface area contributed by atoms with Crippen LogP contribution in [0.15, 0.2) is 0 Å². The summed E-state index contributed by atoms with van der Waals surface area (Å²) >= 11 is 0. The van der Waals surface area contributed by atoms with Gasteiger partial charge in [0, 0.05) is 6.42 Å². The van der Waals surface area contributed by atoms with Crippen LogP contribution < -0.4 is 0 Å². The normalized spacial score (nSPS) is 48.9. The molecular formula is C14H20O4. The zero-order valence-electron chi connectivity index (χ0n) is 10.5. The second-order valence-electron chi connectivity index (χ2n) is 6.24. The van der Waals surface area contributed by atoms with E-state index in [0.717, 1.165) is 38.5 Å². The Bertz CT molecular complexity index is 347. The van der Waals surface area contributed by atoms with Crippen molar-refractivity contribution < 1.29 is 19.0 Å². The van der Waals surface area contributed by atoms with Crippen LogP contribution in [-0.2, 0) is 19.0 Å². The lowest BCUT2D eigenvalue weighted by molar-refractivity contribution is -0.201. The van der Waals surface area contributed by atoms with Crippen LogP contribution in [0.25, 0.3) is 0 Å². The molecule has 0 N–H and O–H groups in total. The Kier molecular flexibility index (Phi) is 2.62. The van der Waals surface area contributed by atoms with Crippen LogP contribution in [-0.4, -0.2) is 37.0 Å². The first-order chi connectivity index (χ1) is 8.79. The van der Waals surface area contributed by atoms with Gasteiger partial charge in [0.1, 0.15) is 0 Å². The highest BCUT2D eigenvalue weighted by atomic mass is 16.6. The summed E-state index contributed by atoms with van der Waals surface area (Å²) in [5.41, 5.74) is 0. The van der Waals surface area contributed by atoms with E-state index in [0.29, 0.717) is 30.8 Å². The van der Waals surface area contributed by atoms with Crippen molar-refractivity contribution in [3.05, 3.63) is 0 Å². The van der Waals surface area contributed by atoms with Gasteiger partial charge in [0.05, 0.1) is 36.9 Å². The Morgan fingerprint density at radius 2 is 1.89 bits per heavy atom. The third-order valence-corrected chi connectivity index (χ3v) is 4.99. The Hall–Kier alpha value is -0.610. The Labute approximate surface area is 107 Å². The number of carbonyl (C=O) groups excluding carboxylic acids is 1. The van der Waals surface area contributed by atoms with Crippen LogP contribution in [0.4, 0.5) is 0 Å². The molecule has 0 aromatic heterocycles. The van der Waals surface area contributed by atoms with Gasteiger partial charge in [0.2, 0.25) is 0 Å². The van der Waals surface area contributed by atoms with E-state index in [1.807, 2.05) is 0 Å². The number of carbonyl (C=O) groups is 1. The molecule has 0 aromatic rings. The molecule has 0 aromatic carbocycles. The van der Waals surface area contributed by atoms with Gasteiger partial charge >= 0.3 is 5.97 Å². The van der Waals surface area contributed by atoms with Crippen LogP contribution >= 0.6 is 0 Å². The highest BCUT2D eigenvalue weighted by Gasteiger charge is 2.46. The molecule has 6 atom stereocenters. The summed E-state index contributed by atoms with van der Waals surface area (Å²) in [7, 11) is 0. The monoisotopic (exact) mass is 252 g/mol. The van der Waals surface area contributed by atoms with Gasteiger partial charge in [0.15, 0.2) is 0 Å². The molecule has 4 heteroatoms. The molecule has 5 fully saturated rings. The maximum Gasteiger partial charge on any atom is 0.311 e. The number of fused-ring (bicyclic) bond motifs is 3. The lowest BCUT2D eigenvalue weighted by Crippen LogP contribution is -2.50. The van der Waals surface area contributed by atoms with Crippen molar-refractivity contribution in [3.63, 3.8) is 0 Å². The molecule has 3 aliphatic heterocycles. The molecule has 5 aliphatic rings. The average Bonchev–Trinajstić information content (AvgIpc) is 3.13. The molecule has 18 heavy (non-hydrogen) atoms. The Balaban J connectivity index is 1.25. The molecule has 0 spiro atoms. The van der Waals surface area contributed by atoms with Crippen LogP contribution in [0.2, 0.25) is 0 Å². The van der Waals surface area contributed by atoms with E-state index in [1.165, 1.54) is 0 Å². The van der Waals surface area contributed by atoms with Gasteiger partial charge in [-0.25, -0.2) is 0 Å². The van der Waals surface area contributed by atoms with Gasteiger partial charge in [-0.3, -0.25) is 4.79 Å². The van der Waals surface area contributed by atoms with E-state index in [9.17, 15) is 4.79 Å². The summed E-state index contributed by atoms with van der Waals surface area (Å²) in [6, 6.07) is 0. The van der Waals surface area contributed by atoms with E-state index >= 15 is 0 Å². The van der Waals surface area contributed by atoms with E-state index in [2.05, 4.69) is 0 Å². The number of hydrogen-bond donors (Lipinski definition) is 0. The quantitative estimate of drug-likeness (QED) is 0.566. The predicted octanol–water partition coefficient (Wildman–Crippen LogP) is 1.66. The number of esters is 1. The Morgan fingerprint density at radius 1 is 1.00 bits per heavy atom. The largest absolute Gasteiger partial charge is 0.465 e. The topological polar surface area (TPSA) is 48.1 Å². The van der Waals surface area contributed by atoms with Crippen molar-refractivity contribution in [2.24, 2.45) is 11.8 Å². The number of ether oxygens (including phenoxy) is 3. The lowest BCUT2D eigenvalue weighted by atomic mass is 9.80.